The number of carbonyl (C=O) groups is 1. The fourth-order valence-electron chi connectivity index (χ4n) is 1.96. The SMILES string of the molecule is CN(CC(C)(C)CN)C(=O)c1cc(-c2ccco2)[nH]n1. The number of nitrogens with zero attached hydrogens (tertiary/aromatic N) is 2. The third-order valence-corrected chi connectivity index (χ3v) is 3.15. The van der Waals surface area contributed by atoms with Gasteiger partial charge in [0, 0.05) is 19.7 Å². The summed E-state index contributed by atoms with van der Waals surface area (Å²) in [6.45, 7) is 5.14. The lowest BCUT2D eigenvalue weighted by Crippen LogP contribution is -2.39. The van der Waals surface area contributed by atoms with Gasteiger partial charge in [0.2, 0.25) is 0 Å². The molecule has 6 heteroatoms. The Kier molecular flexibility index (Phi) is 3.94. The maximum Gasteiger partial charge on any atom is 0.274 e. The first-order valence-electron chi connectivity index (χ1n) is 6.48. The molecule has 0 saturated heterocycles. The summed E-state index contributed by atoms with van der Waals surface area (Å²) in [7, 11) is 1.75. The van der Waals surface area contributed by atoms with Gasteiger partial charge < -0.3 is 15.1 Å². The van der Waals surface area contributed by atoms with E-state index in [1.165, 1.54) is 0 Å². The summed E-state index contributed by atoms with van der Waals surface area (Å²) in [6, 6.07) is 5.28. The predicted molar refractivity (Wildman–Crippen MR) is 76.1 cm³/mol. The molecule has 108 valence electrons. The summed E-state index contributed by atoms with van der Waals surface area (Å²) in [5.41, 5.74) is 6.62. The van der Waals surface area contributed by atoms with Gasteiger partial charge in [-0.2, -0.15) is 5.10 Å². The van der Waals surface area contributed by atoms with Crippen LogP contribution in [-0.2, 0) is 0 Å². The van der Waals surface area contributed by atoms with Gasteiger partial charge in [0.15, 0.2) is 11.5 Å². The molecule has 0 atom stereocenters. The number of aromatic nitrogens is 2. The minimum atomic E-state index is -0.138. The Labute approximate surface area is 117 Å². The van der Waals surface area contributed by atoms with Gasteiger partial charge in [0.05, 0.1) is 6.26 Å². The van der Waals surface area contributed by atoms with Crippen molar-refractivity contribution >= 4 is 5.91 Å². The van der Waals surface area contributed by atoms with Crippen LogP contribution in [0.5, 0.6) is 0 Å². The zero-order valence-corrected chi connectivity index (χ0v) is 12.0. The summed E-state index contributed by atoms with van der Waals surface area (Å²) in [5, 5.41) is 6.85. The van der Waals surface area contributed by atoms with Crippen LogP contribution in [0, 0.1) is 5.41 Å². The first kappa shape index (κ1) is 14.3. The van der Waals surface area contributed by atoms with Crippen LogP contribution in [0.1, 0.15) is 24.3 Å². The summed E-state index contributed by atoms with van der Waals surface area (Å²) in [4.78, 5) is 13.9. The normalized spacial score (nSPS) is 11.6. The van der Waals surface area contributed by atoms with Gasteiger partial charge in [-0.3, -0.25) is 9.89 Å². The summed E-state index contributed by atoms with van der Waals surface area (Å²) >= 11 is 0. The largest absolute Gasteiger partial charge is 0.463 e. The molecule has 1 amide bonds. The van der Waals surface area contributed by atoms with Gasteiger partial charge in [-0.15, -0.1) is 0 Å². The molecule has 0 aliphatic rings. The zero-order valence-electron chi connectivity index (χ0n) is 12.0. The zero-order chi connectivity index (χ0) is 14.8. The highest BCUT2D eigenvalue weighted by Crippen LogP contribution is 2.19. The number of nitrogens with one attached hydrogen (secondary N) is 1. The number of amides is 1. The Balaban J connectivity index is 2.10. The maximum atomic E-state index is 12.3. The van der Waals surface area contributed by atoms with E-state index in [4.69, 9.17) is 10.2 Å². The fraction of sp³-hybridized carbons (Fsp3) is 0.429. The van der Waals surface area contributed by atoms with Gasteiger partial charge in [0.1, 0.15) is 5.69 Å². The van der Waals surface area contributed by atoms with Crippen LogP contribution in [0.4, 0.5) is 0 Å². The maximum absolute atomic E-state index is 12.3. The lowest BCUT2D eigenvalue weighted by molar-refractivity contribution is 0.0734. The quantitative estimate of drug-likeness (QED) is 0.870. The molecule has 2 heterocycles. The molecular weight excluding hydrogens is 256 g/mol. The second kappa shape index (κ2) is 5.50. The first-order chi connectivity index (χ1) is 9.43. The van der Waals surface area contributed by atoms with Crippen molar-refractivity contribution in [2.24, 2.45) is 11.1 Å². The highest BCUT2D eigenvalue weighted by atomic mass is 16.3. The third-order valence-electron chi connectivity index (χ3n) is 3.15. The molecule has 0 bridgehead atoms. The van der Waals surface area contributed by atoms with E-state index >= 15 is 0 Å². The molecular formula is C14H20N4O2. The smallest absolute Gasteiger partial charge is 0.274 e. The van der Waals surface area contributed by atoms with Crippen LogP contribution >= 0.6 is 0 Å². The van der Waals surface area contributed by atoms with Crippen molar-refractivity contribution in [3.05, 3.63) is 30.2 Å². The molecule has 0 aliphatic heterocycles. The minimum Gasteiger partial charge on any atom is -0.463 e. The van der Waals surface area contributed by atoms with Crippen molar-refractivity contribution in [1.82, 2.24) is 15.1 Å². The predicted octanol–water partition coefficient (Wildman–Crippen LogP) is 1.73. The van der Waals surface area contributed by atoms with Crippen LogP contribution < -0.4 is 5.73 Å². The Bertz CT molecular complexity index is 572. The number of rotatable bonds is 5. The monoisotopic (exact) mass is 276 g/mol. The van der Waals surface area contributed by atoms with E-state index in [-0.39, 0.29) is 11.3 Å². The van der Waals surface area contributed by atoms with Gasteiger partial charge in [-0.1, -0.05) is 13.8 Å². The van der Waals surface area contributed by atoms with E-state index < -0.39 is 0 Å². The Hall–Kier alpha value is -2.08. The highest BCUT2D eigenvalue weighted by Gasteiger charge is 2.23. The van der Waals surface area contributed by atoms with Gasteiger partial charge in [-0.25, -0.2) is 0 Å². The lowest BCUT2D eigenvalue weighted by atomic mass is 9.93. The third kappa shape index (κ3) is 3.08. The molecule has 3 N–H and O–H groups in total. The average molecular weight is 276 g/mol. The Morgan fingerprint density at radius 3 is 2.90 bits per heavy atom. The number of nitrogens with two attached hydrogens (primary N) is 1. The molecule has 0 unspecified atom stereocenters. The van der Waals surface area contributed by atoms with E-state index in [1.807, 2.05) is 19.9 Å². The van der Waals surface area contributed by atoms with Crippen molar-refractivity contribution in [3.63, 3.8) is 0 Å². The number of hydrogen-bond acceptors (Lipinski definition) is 4. The van der Waals surface area contributed by atoms with Gasteiger partial charge in [0.25, 0.3) is 5.91 Å². The van der Waals surface area contributed by atoms with E-state index in [2.05, 4.69) is 10.2 Å². The van der Waals surface area contributed by atoms with Crippen LogP contribution in [-0.4, -0.2) is 41.1 Å². The van der Waals surface area contributed by atoms with E-state index in [9.17, 15) is 4.79 Å². The van der Waals surface area contributed by atoms with Crippen molar-refractivity contribution in [1.29, 1.82) is 0 Å². The second-order valence-corrected chi connectivity index (χ2v) is 5.67. The molecule has 2 aromatic heterocycles. The number of aromatic amines is 1. The molecule has 0 saturated carbocycles. The summed E-state index contributed by atoms with van der Waals surface area (Å²) in [6.07, 6.45) is 1.58. The first-order valence-corrected chi connectivity index (χ1v) is 6.48. The van der Waals surface area contributed by atoms with Crippen molar-refractivity contribution in [3.8, 4) is 11.5 Å². The number of furan rings is 1. The molecule has 20 heavy (non-hydrogen) atoms. The molecule has 0 spiro atoms. The Morgan fingerprint density at radius 2 is 2.30 bits per heavy atom. The second-order valence-electron chi connectivity index (χ2n) is 5.67. The number of hydrogen-bond donors (Lipinski definition) is 2. The average Bonchev–Trinajstić information content (AvgIpc) is 3.07. The lowest BCUT2D eigenvalue weighted by Gasteiger charge is -2.28. The fourth-order valence-corrected chi connectivity index (χ4v) is 1.96. The van der Waals surface area contributed by atoms with Gasteiger partial charge in [-0.05, 0) is 24.1 Å². The number of H-pyrrole nitrogens is 1. The van der Waals surface area contributed by atoms with Crippen LogP contribution in [0.2, 0.25) is 0 Å². The van der Waals surface area contributed by atoms with E-state index in [0.717, 1.165) is 0 Å². The molecule has 6 nitrogen and oxygen atoms in total. The molecule has 0 aromatic carbocycles. The summed E-state index contributed by atoms with van der Waals surface area (Å²) in [5.74, 6) is 0.516. The number of carbonyl (C=O) groups excluding carboxylic acids is 1. The van der Waals surface area contributed by atoms with Crippen LogP contribution in [0.15, 0.2) is 28.9 Å². The summed E-state index contributed by atoms with van der Waals surface area (Å²) < 4.78 is 5.26. The Morgan fingerprint density at radius 1 is 1.55 bits per heavy atom. The van der Waals surface area contributed by atoms with E-state index in [0.29, 0.717) is 30.2 Å². The van der Waals surface area contributed by atoms with Crippen molar-refractivity contribution < 1.29 is 9.21 Å². The standard InChI is InChI=1S/C14H20N4O2/c1-14(2,8-15)9-18(3)13(19)11-7-10(16-17-11)12-5-4-6-20-12/h4-7H,8-9,15H2,1-3H3,(H,16,17). The van der Waals surface area contributed by atoms with Crippen LogP contribution in [0.25, 0.3) is 11.5 Å². The molecule has 0 aliphatic carbocycles. The topological polar surface area (TPSA) is 88.1 Å². The molecule has 0 radical (unpaired) electrons. The van der Waals surface area contributed by atoms with Crippen LogP contribution in [0.3, 0.4) is 0 Å². The molecule has 0 fully saturated rings. The van der Waals surface area contributed by atoms with Gasteiger partial charge >= 0.3 is 0 Å². The molecule has 2 aromatic rings. The van der Waals surface area contributed by atoms with E-state index in [1.54, 1.807) is 30.3 Å². The van der Waals surface area contributed by atoms with Crippen molar-refractivity contribution in [2.45, 2.75) is 13.8 Å². The van der Waals surface area contributed by atoms with Crippen molar-refractivity contribution in [2.75, 3.05) is 20.1 Å². The molecule has 2 rings (SSSR count). The minimum absolute atomic E-state index is 0.120. The highest BCUT2D eigenvalue weighted by molar-refractivity contribution is 5.93.